The molecule has 0 bridgehead atoms. The molecule has 0 aromatic heterocycles. The van der Waals surface area contributed by atoms with Crippen LogP contribution < -0.4 is 0 Å². The van der Waals surface area contributed by atoms with E-state index < -0.39 is 0 Å². The number of aliphatic hydroxyl groups is 1. The maximum atomic E-state index is 9.75. The molecule has 0 saturated heterocycles. The molecule has 0 radical (unpaired) electrons. The summed E-state index contributed by atoms with van der Waals surface area (Å²) in [5.74, 6) is 0.810. The van der Waals surface area contributed by atoms with E-state index >= 15 is 0 Å². The smallest absolute Gasteiger partial charge is 0.0603 e. The molecule has 1 heteroatoms. The molecule has 1 nitrogen and oxygen atoms in total. The van der Waals surface area contributed by atoms with Crippen LogP contribution in [0.3, 0.4) is 0 Å². The summed E-state index contributed by atoms with van der Waals surface area (Å²) in [5.41, 5.74) is 2.51. The summed E-state index contributed by atoms with van der Waals surface area (Å²) < 4.78 is 0. The molecule has 1 aromatic rings. The highest BCUT2D eigenvalue weighted by Crippen LogP contribution is 2.39. The fourth-order valence-corrected chi connectivity index (χ4v) is 2.36. The molecular weight excluding hydrogens is 184 g/mol. The van der Waals surface area contributed by atoms with Crippen molar-refractivity contribution in [3.8, 4) is 0 Å². The average molecular weight is 202 g/mol. The summed E-state index contributed by atoms with van der Waals surface area (Å²) in [5, 5.41) is 9.75. The third kappa shape index (κ3) is 2.13. The van der Waals surface area contributed by atoms with Gasteiger partial charge in [-0.25, -0.2) is 0 Å². The molecule has 1 aliphatic rings. The zero-order valence-electron chi connectivity index (χ0n) is 9.19. The van der Waals surface area contributed by atoms with E-state index in [4.69, 9.17) is 0 Å². The fraction of sp³-hybridized carbons (Fsp3) is 0.429. The van der Waals surface area contributed by atoms with E-state index in [0.717, 1.165) is 12.8 Å². The molecule has 0 aliphatic heterocycles. The van der Waals surface area contributed by atoms with Crippen LogP contribution in [0.2, 0.25) is 0 Å². The number of hydrogen-bond donors (Lipinski definition) is 1. The van der Waals surface area contributed by atoms with Gasteiger partial charge in [0.15, 0.2) is 0 Å². The average Bonchev–Trinajstić information content (AvgIpc) is 2.25. The molecule has 0 amide bonds. The molecule has 1 N–H and O–H groups in total. The van der Waals surface area contributed by atoms with Gasteiger partial charge in [-0.1, -0.05) is 49.4 Å². The van der Waals surface area contributed by atoms with Gasteiger partial charge >= 0.3 is 0 Å². The van der Waals surface area contributed by atoms with Crippen molar-refractivity contribution in [1.82, 2.24) is 0 Å². The summed E-state index contributed by atoms with van der Waals surface area (Å²) in [6, 6.07) is 10.5. The van der Waals surface area contributed by atoms with Crippen LogP contribution in [0.4, 0.5) is 0 Å². The molecule has 3 atom stereocenters. The molecule has 0 spiro atoms. The third-order valence-electron chi connectivity index (χ3n) is 3.43. The molecule has 2 rings (SSSR count). The van der Waals surface area contributed by atoms with Gasteiger partial charge in [0.1, 0.15) is 0 Å². The molecule has 0 heterocycles. The molecule has 80 valence electrons. The topological polar surface area (TPSA) is 20.2 Å². The van der Waals surface area contributed by atoms with Gasteiger partial charge in [0, 0.05) is 5.92 Å². The van der Waals surface area contributed by atoms with Crippen LogP contribution in [0, 0.1) is 5.92 Å². The minimum absolute atomic E-state index is 0.197. The van der Waals surface area contributed by atoms with E-state index in [9.17, 15) is 5.11 Å². The van der Waals surface area contributed by atoms with Gasteiger partial charge in [0.05, 0.1) is 6.10 Å². The Kier molecular flexibility index (Phi) is 2.92. The van der Waals surface area contributed by atoms with Crippen molar-refractivity contribution in [3.63, 3.8) is 0 Å². The SMILES string of the molecule is C=C1C[C@H](O)[C@@H](C)C[C@@H]1c1ccccc1. The van der Waals surface area contributed by atoms with Crippen LogP contribution in [-0.4, -0.2) is 11.2 Å². The Morgan fingerprint density at radius 1 is 1.27 bits per heavy atom. The number of benzene rings is 1. The van der Waals surface area contributed by atoms with Crippen molar-refractivity contribution < 1.29 is 5.11 Å². The summed E-state index contributed by atoms with van der Waals surface area (Å²) in [6.07, 6.45) is 1.57. The normalized spacial score (nSPS) is 31.6. The predicted molar refractivity (Wildman–Crippen MR) is 62.7 cm³/mol. The van der Waals surface area contributed by atoms with Crippen molar-refractivity contribution >= 4 is 0 Å². The standard InChI is InChI=1S/C14H18O/c1-10-9-14(15)11(2)8-13(10)12-6-4-3-5-7-12/h3-7,11,13-15H,1,8-9H2,2H3/t11-,13-,14-/m0/s1. The molecular formula is C14H18O. The lowest BCUT2D eigenvalue weighted by atomic mass is 9.74. The first-order valence-electron chi connectivity index (χ1n) is 5.59. The zero-order valence-corrected chi connectivity index (χ0v) is 9.19. The quantitative estimate of drug-likeness (QED) is 0.694. The molecule has 0 unspecified atom stereocenters. The molecule has 1 aromatic carbocycles. The van der Waals surface area contributed by atoms with Crippen molar-refractivity contribution in [2.45, 2.75) is 31.8 Å². The molecule has 15 heavy (non-hydrogen) atoms. The Labute approximate surface area is 91.4 Å². The summed E-state index contributed by atoms with van der Waals surface area (Å²) in [4.78, 5) is 0. The van der Waals surface area contributed by atoms with Crippen molar-refractivity contribution in [3.05, 3.63) is 48.0 Å². The van der Waals surface area contributed by atoms with Gasteiger partial charge in [-0.2, -0.15) is 0 Å². The Balaban J connectivity index is 2.20. The fourth-order valence-electron chi connectivity index (χ4n) is 2.36. The van der Waals surface area contributed by atoms with Gasteiger partial charge < -0.3 is 5.11 Å². The first kappa shape index (κ1) is 10.4. The van der Waals surface area contributed by atoms with Crippen LogP contribution in [-0.2, 0) is 0 Å². The van der Waals surface area contributed by atoms with Gasteiger partial charge in [-0.05, 0) is 24.3 Å². The minimum atomic E-state index is -0.197. The summed E-state index contributed by atoms with van der Waals surface area (Å²) in [6.45, 7) is 6.21. The minimum Gasteiger partial charge on any atom is -0.393 e. The lowest BCUT2D eigenvalue weighted by molar-refractivity contribution is 0.0925. The van der Waals surface area contributed by atoms with Crippen LogP contribution in [0.1, 0.15) is 31.2 Å². The first-order valence-corrected chi connectivity index (χ1v) is 5.59. The van der Waals surface area contributed by atoms with Crippen LogP contribution in [0.25, 0.3) is 0 Å². The predicted octanol–water partition coefficient (Wildman–Crippen LogP) is 3.12. The first-order chi connectivity index (χ1) is 7.18. The van der Waals surface area contributed by atoms with Crippen molar-refractivity contribution in [1.29, 1.82) is 0 Å². The Morgan fingerprint density at radius 2 is 1.93 bits per heavy atom. The molecule has 1 aliphatic carbocycles. The second-order valence-electron chi connectivity index (χ2n) is 4.61. The number of aliphatic hydroxyl groups excluding tert-OH is 1. The van der Waals surface area contributed by atoms with Gasteiger partial charge in [-0.15, -0.1) is 0 Å². The van der Waals surface area contributed by atoms with Crippen LogP contribution >= 0.6 is 0 Å². The van der Waals surface area contributed by atoms with Crippen LogP contribution in [0.5, 0.6) is 0 Å². The van der Waals surface area contributed by atoms with Crippen molar-refractivity contribution in [2.75, 3.05) is 0 Å². The van der Waals surface area contributed by atoms with Crippen molar-refractivity contribution in [2.24, 2.45) is 5.92 Å². The number of hydrogen-bond acceptors (Lipinski definition) is 1. The maximum Gasteiger partial charge on any atom is 0.0603 e. The summed E-state index contributed by atoms with van der Waals surface area (Å²) >= 11 is 0. The number of rotatable bonds is 1. The third-order valence-corrected chi connectivity index (χ3v) is 3.43. The van der Waals surface area contributed by atoms with E-state index in [1.807, 2.05) is 6.07 Å². The van der Waals surface area contributed by atoms with E-state index in [1.165, 1.54) is 11.1 Å². The van der Waals surface area contributed by atoms with E-state index in [2.05, 4.69) is 37.8 Å². The van der Waals surface area contributed by atoms with E-state index in [1.54, 1.807) is 0 Å². The van der Waals surface area contributed by atoms with Gasteiger partial charge in [-0.3, -0.25) is 0 Å². The lowest BCUT2D eigenvalue weighted by Gasteiger charge is -2.33. The van der Waals surface area contributed by atoms with Gasteiger partial charge in [0.2, 0.25) is 0 Å². The summed E-state index contributed by atoms with van der Waals surface area (Å²) in [7, 11) is 0. The van der Waals surface area contributed by atoms with Gasteiger partial charge in [0.25, 0.3) is 0 Å². The van der Waals surface area contributed by atoms with E-state index in [-0.39, 0.29) is 6.10 Å². The highest BCUT2D eigenvalue weighted by molar-refractivity contribution is 5.29. The lowest BCUT2D eigenvalue weighted by Crippen LogP contribution is -2.27. The monoisotopic (exact) mass is 202 g/mol. The second-order valence-corrected chi connectivity index (χ2v) is 4.61. The Morgan fingerprint density at radius 3 is 2.60 bits per heavy atom. The Hall–Kier alpha value is -1.08. The van der Waals surface area contributed by atoms with E-state index in [0.29, 0.717) is 11.8 Å². The maximum absolute atomic E-state index is 9.75. The van der Waals surface area contributed by atoms with Crippen LogP contribution in [0.15, 0.2) is 42.5 Å². The molecule has 1 fully saturated rings. The molecule has 1 saturated carbocycles. The Bertz CT molecular complexity index is 342. The zero-order chi connectivity index (χ0) is 10.8. The highest BCUT2D eigenvalue weighted by Gasteiger charge is 2.29. The second kappa shape index (κ2) is 4.19. The largest absolute Gasteiger partial charge is 0.393 e. The highest BCUT2D eigenvalue weighted by atomic mass is 16.3.